The second-order valence-corrected chi connectivity index (χ2v) is 3.47. The molecule has 0 aliphatic rings. The number of nitrogens with zero attached hydrogens (tertiary/aromatic N) is 1. The van der Waals surface area contributed by atoms with Crippen molar-refractivity contribution < 1.29 is 24.5 Å². The highest BCUT2D eigenvalue weighted by Gasteiger charge is 2.20. The monoisotopic (exact) mass is 247 g/mol. The number of rotatable bonds is 4. The summed E-state index contributed by atoms with van der Waals surface area (Å²) in [7, 11) is 0. The van der Waals surface area contributed by atoms with Gasteiger partial charge in [0.05, 0.1) is 6.10 Å². The van der Waals surface area contributed by atoms with E-state index in [2.05, 4.69) is 17.6 Å². The van der Waals surface area contributed by atoms with Crippen LogP contribution in [0.3, 0.4) is 0 Å². The van der Waals surface area contributed by atoms with Crippen LogP contribution in [0.1, 0.15) is 22.0 Å². The summed E-state index contributed by atoms with van der Waals surface area (Å²) in [5.74, 6) is -2.63. The molecule has 7 heteroatoms. The minimum atomic E-state index is -1.49. The van der Waals surface area contributed by atoms with Crippen molar-refractivity contribution in [2.75, 3.05) is 5.75 Å². The van der Waals surface area contributed by atoms with Crippen LogP contribution >= 0.6 is 12.6 Å². The molecule has 0 aliphatic carbocycles. The summed E-state index contributed by atoms with van der Waals surface area (Å²) >= 11 is 3.77. The highest BCUT2D eigenvalue weighted by atomic mass is 32.1. The summed E-state index contributed by atoms with van der Waals surface area (Å²) in [5.41, 5.74) is -0.622. The summed E-state index contributed by atoms with van der Waals surface area (Å²) in [6.07, 6.45) is -1.54. The van der Waals surface area contributed by atoms with E-state index < -0.39 is 29.7 Å². The molecule has 0 aliphatic heterocycles. The van der Waals surface area contributed by atoms with Crippen molar-refractivity contribution in [1.29, 1.82) is 0 Å². The van der Waals surface area contributed by atoms with Gasteiger partial charge in [-0.2, -0.15) is 17.0 Å². The minimum Gasteiger partial charge on any atom is -0.478 e. The minimum absolute atomic E-state index is 0.0129. The van der Waals surface area contributed by atoms with Crippen LogP contribution in [0.5, 0.6) is 0 Å². The number of aliphatic hydroxyl groups excluding tert-OH is 2. The molecule has 0 aromatic carbocycles. The van der Waals surface area contributed by atoms with Gasteiger partial charge in [0.25, 0.3) is 0 Å². The maximum atomic E-state index is 12.9. The lowest BCUT2D eigenvalue weighted by Crippen LogP contribution is -2.20. The number of aromatic nitrogens is 1. The molecule has 0 amide bonds. The molecular weight excluding hydrogens is 237 g/mol. The van der Waals surface area contributed by atoms with Crippen LogP contribution in [0.4, 0.5) is 4.39 Å². The highest BCUT2D eigenvalue weighted by molar-refractivity contribution is 7.80. The van der Waals surface area contributed by atoms with E-state index in [0.717, 1.165) is 12.3 Å². The Kier molecular flexibility index (Phi) is 4.22. The van der Waals surface area contributed by atoms with Crippen LogP contribution in [0.2, 0.25) is 0 Å². The molecular formula is C9H10FNO4S. The zero-order valence-electron chi connectivity index (χ0n) is 8.04. The Hall–Kier alpha value is -1.18. The fraction of sp³-hybridized carbons (Fsp3) is 0.333. The van der Waals surface area contributed by atoms with E-state index in [0.29, 0.717) is 0 Å². The van der Waals surface area contributed by atoms with Crippen molar-refractivity contribution in [2.45, 2.75) is 12.2 Å². The lowest BCUT2D eigenvalue weighted by molar-refractivity contribution is 0.0333. The topological polar surface area (TPSA) is 90.7 Å². The summed E-state index contributed by atoms with van der Waals surface area (Å²) in [6.45, 7) is 0. The van der Waals surface area contributed by atoms with Gasteiger partial charge in [-0.05, 0) is 6.07 Å². The summed E-state index contributed by atoms with van der Waals surface area (Å²) in [4.78, 5) is 13.8. The van der Waals surface area contributed by atoms with Crippen LogP contribution in [0.15, 0.2) is 12.3 Å². The van der Waals surface area contributed by atoms with E-state index in [9.17, 15) is 19.4 Å². The number of aromatic carboxylic acids is 1. The quantitative estimate of drug-likeness (QED) is 0.452. The second-order valence-electron chi connectivity index (χ2n) is 3.11. The van der Waals surface area contributed by atoms with Crippen molar-refractivity contribution in [2.24, 2.45) is 0 Å². The molecule has 0 spiro atoms. The normalized spacial score (nSPS) is 14.5. The maximum Gasteiger partial charge on any atom is 0.340 e. The van der Waals surface area contributed by atoms with Gasteiger partial charge in [-0.1, -0.05) is 0 Å². The first-order valence-corrected chi connectivity index (χ1v) is 4.96. The predicted octanol–water partition coefficient (Wildman–Crippen LogP) is 0.243. The Bertz CT molecular complexity index is 401. The summed E-state index contributed by atoms with van der Waals surface area (Å²) in [6, 6.07) is 0.933. The van der Waals surface area contributed by atoms with Crippen molar-refractivity contribution in [1.82, 2.24) is 4.98 Å². The molecule has 0 radical (unpaired) electrons. The predicted molar refractivity (Wildman–Crippen MR) is 56.0 cm³/mol. The lowest BCUT2D eigenvalue weighted by atomic mass is 10.1. The number of aliphatic hydroxyl groups is 2. The van der Waals surface area contributed by atoms with E-state index in [-0.39, 0.29) is 11.3 Å². The van der Waals surface area contributed by atoms with Gasteiger partial charge < -0.3 is 15.3 Å². The van der Waals surface area contributed by atoms with Crippen LogP contribution in [0, 0.1) is 5.95 Å². The first kappa shape index (κ1) is 12.9. The molecule has 0 saturated heterocycles. The number of carboxylic acid groups (broad SMARTS) is 1. The van der Waals surface area contributed by atoms with Gasteiger partial charge in [-0.25, -0.2) is 9.78 Å². The number of carboxylic acids is 1. The molecule has 0 bridgehead atoms. The molecule has 0 fully saturated rings. The first-order valence-electron chi connectivity index (χ1n) is 4.33. The van der Waals surface area contributed by atoms with Crippen LogP contribution in [-0.4, -0.2) is 38.1 Å². The largest absolute Gasteiger partial charge is 0.478 e. The third-order valence-electron chi connectivity index (χ3n) is 1.98. The Morgan fingerprint density at radius 2 is 2.19 bits per heavy atom. The number of hydrogen-bond donors (Lipinski definition) is 4. The van der Waals surface area contributed by atoms with Crippen LogP contribution in [0.25, 0.3) is 0 Å². The van der Waals surface area contributed by atoms with E-state index in [1.54, 1.807) is 0 Å². The molecule has 1 rings (SSSR count). The first-order chi connectivity index (χ1) is 7.47. The van der Waals surface area contributed by atoms with Gasteiger partial charge >= 0.3 is 5.97 Å². The maximum absolute atomic E-state index is 12.9. The third-order valence-corrected chi connectivity index (χ3v) is 2.36. The van der Waals surface area contributed by atoms with E-state index >= 15 is 0 Å². The number of carbonyl (C=O) groups is 1. The SMILES string of the molecule is O=C(O)c1cc(C(O)C(O)CS)cnc1F. The van der Waals surface area contributed by atoms with Gasteiger partial charge in [0, 0.05) is 17.5 Å². The molecule has 2 atom stereocenters. The fourth-order valence-corrected chi connectivity index (χ4v) is 1.30. The van der Waals surface area contributed by atoms with Crippen molar-refractivity contribution in [3.05, 3.63) is 29.3 Å². The molecule has 88 valence electrons. The molecule has 1 aromatic heterocycles. The van der Waals surface area contributed by atoms with E-state index in [1.807, 2.05) is 0 Å². The van der Waals surface area contributed by atoms with Gasteiger partial charge in [-0.15, -0.1) is 0 Å². The van der Waals surface area contributed by atoms with Gasteiger partial charge in [-0.3, -0.25) is 0 Å². The average Bonchev–Trinajstić information content (AvgIpc) is 2.27. The van der Waals surface area contributed by atoms with Crippen LogP contribution in [-0.2, 0) is 0 Å². The average molecular weight is 247 g/mol. The number of pyridine rings is 1. The zero-order valence-corrected chi connectivity index (χ0v) is 8.93. The van der Waals surface area contributed by atoms with Gasteiger partial charge in [0.15, 0.2) is 0 Å². The Morgan fingerprint density at radius 3 is 2.69 bits per heavy atom. The Labute approximate surface area is 96.0 Å². The summed E-state index contributed by atoms with van der Waals surface area (Å²) in [5, 5.41) is 27.4. The lowest BCUT2D eigenvalue weighted by Gasteiger charge is -2.15. The fourth-order valence-electron chi connectivity index (χ4n) is 1.10. The highest BCUT2D eigenvalue weighted by Crippen LogP contribution is 2.19. The molecule has 2 unspecified atom stereocenters. The standard InChI is InChI=1S/C9H10FNO4S/c10-8-5(9(14)15)1-4(2-11-8)7(13)6(12)3-16/h1-2,6-7,12-13,16H,3H2,(H,14,15). The third kappa shape index (κ3) is 2.69. The number of hydrogen-bond acceptors (Lipinski definition) is 5. The van der Waals surface area contributed by atoms with Gasteiger partial charge in [0.1, 0.15) is 11.7 Å². The molecule has 1 aromatic rings. The van der Waals surface area contributed by atoms with E-state index in [4.69, 9.17) is 5.11 Å². The van der Waals surface area contributed by atoms with Crippen molar-refractivity contribution in [3.63, 3.8) is 0 Å². The van der Waals surface area contributed by atoms with Gasteiger partial charge in [0.2, 0.25) is 5.95 Å². The molecule has 5 nitrogen and oxygen atoms in total. The Balaban J connectivity index is 3.07. The molecule has 3 N–H and O–H groups in total. The number of halogens is 1. The van der Waals surface area contributed by atoms with Crippen molar-refractivity contribution in [3.8, 4) is 0 Å². The summed E-state index contributed by atoms with van der Waals surface area (Å²) < 4.78 is 12.9. The second kappa shape index (κ2) is 5.24. The molecule has 0 saturated carbocycles. The van der Waals surface area contributed by atoms with E-state index in [1.165, 1.54) is 0 Å². The number of thiol groups is 1. The van der Waals surface area contributed by atoms with Crippen molar-refractivity contribution >= 4 is 18.6 Å². The zero-order chi connectivity index (χ0) is 12.3. The van der Waals surface area contributed by atoms with Crippen LogP contribution < -0.4 is 0 Å². The molecule has 16 heavy (non-hydrogen) atoms. The Morgan fingerprint density at radius 1 is 1.56 bits per heavy atom. The molecule has 1 heterocycles. The smallest absolute Gasteiger partial charge is 0.340 e.